The average Bonchev–Trinajstić information content (AvgIpc) is 3.34. The minimum absolute atomic E-state index is 0.0192. The number of amides is 2. The van der Waals surface area contributed by atoms with Gasteiger partial charge in [-0.15, -0.1) is 0 Å². The van der Waals surface area contributed by atoms with Crippen LogP contribution in [0.15, 0.2) is 71.0 Å². The molecule has 0 spiro atoms. The highest BCUT2D eigenvalue weighted by Gasteiger charge is 2.17. The van der Waals surface area contributed by atoms with Crippen LogP contribution >= 0.6 is 0 Å². The summed E-state index contributed by atoms with van der Waals surface area (Å²) in [6, 6.07) is 14.6. The van der Waals surface area contributed by atoms with Crippen LogP contribution < -0.4 is 20.1 Å². The molecule has 3 rings (SSSR count). The van der Waals surface area contributed by atoms with Crippen molar-refractivity contribution in [3.63, 3.8) is 0 Å². The fraction of sp³-hybridized carbons (Fsp3) is 0.125. The Kier molecular flexibility index (Phi) is 7.07. The molecule has 0 aliphatic carbocycles. The van der Waals surface area contributed by atoms with Gasteiger partial charge in [-0.05, 0) is 67.1 Å². The Hall–Kier alpha value is -4.33. The minimum Gasteiger partial charge on any atom is -0.493 e. The molecule has 0 radical (unpaired) electrons. The van der Waals surface area contributed by atoms with E-state index < -0.39 is 11.8 Å². The molecule has 0 bridgehead atoms. The van der Waals surface area contributed by atoms with Crippen molar-refractivity contribution in [3.05, 3.63) is 83.4 Å². The molecule has 8 heteroatoms. The van der Waals surface area contributed by atoms with Crippen molar-refractivity contribution in [1.29, 1.82) is 0 Å². The lowest BCUT2D eigenvalue weighted by Crippen LogP contribution is -2.30. The van der Waals surface area contributed by atoms with Crippen LogP contribution in [0.2, 0.25) is 0 Å². The molecule has 2 aromatic carbocycles. The van der Waals surface area contributed by atoms with Gasteiger partial charge in [-0.2, -0.15) is 0 Å². The molecule has 164 valence electrons. The number of Topliss-reactive ketones (excluding diaryl/α,β-unsaturated/α-hetero) is 1. The summed E-state index contributed by atoms with van der Waals surface area (Å²) in [6.07, 6.45) is 2.87. The Bertz CT molecular complexity index is 1150. The first-order valence-corrected chi connectivity index (χ1v) is 9.62. The van der Waals surface area contributed by atoms with Gasteiger partial charge in [0.05, 0.1) is 20.5 Å². The number of hydrogen-bond donors (Lipinski definition) is 2. The van der Waals surface area contributed by atoms with Gasteiger partial charge in [0.2, 0.25) is 0 Å². The Morgan fingerprint density at radius 3 is 2.25 bits per heavy atom. The summed E-state index contributed by atoms with van der Waals surface area (Å²) in [4.78, 5) is 36.9. The minimum atomic E-state index is -0.580. The predicted molar refractivity (Wildman–Crippen MR) is 119 cm³/mol. The Balaban J connectivity index is 1.90. The number of hydrogen-bond acceptors (Lipinski definition) is 6. The zero-order valence-electron chi connectivity index (χ0n) is 17.8. The van der Waals surface area contributed by atoms with E-state index in [0.29, 0.717) is 28.3 Å². The second kappa shape index (κ2) is 10.1. The third-order valence-corrected chi connectivity index (χ3v) is 4.51. The van der Waals surface area contributed by atoms with Crippen LogP contribution in [0.1, 0.15) is 33.4 Å². The second-order valence-electron chi connectivity index (χ2n) is 6.69. The molecule has 0 fully saturated rings. The highest BCUT2D eigenvalue weighted by atomic mass is 16.5. The molecule has 2 N–H and O–H groups in total. The van der Waals surface area contributed by atoms with E-state index in [1.54, 1.807) is 48.5 Å². The van der Waals surface area contributed by atoms with Crippen molar-refractivity contribution in [2.75, 3.05) is 19.5 Å². The lowest BCUT2D eigenvalue weighted by atomic mass is 10.1. The molecule has 0 aliphatic rings. The molecule has 0 unspecified atom stereocenters. The molecule has 8 nitrogen and oxygen atoms in total. The number of carbonyl (C=O) groups excluding carboxylic acids is 3. The Labute approximate surface area is 184 Å². The van der Waals surface area contributed by atoms with Crippen LogP contribution in [0.3, 0.4) is 0 Å². The van der Waals surface area contributed by atoms with Gasteiger partial charge in [0, 0.05) is 11.3 Å². The number of anilines is 1. The number of methoxy groups -OCH3 is 2. The summed E-state index contributed by atoms with van der Waals surface area (Å²) < 4.78 is 15.6. The molecule has 0 aliphatic heterocycles. The number of benzene rings is 2. The van der Waals surface area contributed by atoms with Crippen LogP contribution in [0.25, 0.3) is 6.08 Å². The van der Waals surface area contributed by atoms with E-state index in [-0.39, 0.29) is 17.2 Å². The SMILES string of the molecule is COc1ccc(/C=C(/NC(=O)c2ccco2)C(=O)Nc2ccc(C(C)=O)cc2)cc1OC. The van der Waals surface area contributed by atoms with E-state index in [4.69, 9.17) is 13.9 Å². The van der Waals surface area contributed by atoms with Gasteiger partial charge < -0.3 is 24.5 Å². The molecule has 3 aromatic rings. The summed E-state index contributed by atoms with van der Waals surface area (Å²) in [5.41, 5.74) is 1.56. The highest BCUT2D eigenvalue weighted by Crippen LogP contribution is 2.28. The quantitative estimate of drug-likeness (QED) is 0.411. The Morgan fingerprint density at radius 1 is 0.938 bits per heavy atom. The summed E-state index contributed by atoms with van der Waals surface area (Å²) in [6.45, 7) is 1.46. The van der Waals surface area contributed by atoms with Gasteiger partial charge in [-0.1, -0.05) is 6.07 Å². The lowest BCUT2D eigenvalue weighted by molar-refractivity contribution is -0.113. The highest BCUT2D eigenvalue weighted by molar-refractivity contribution is 6.10. The summed E-state index contributed by atoms with van der Waals surface area (Å²) >= 11 is 0. The van der Waals surface area contributed by atoms with Gasteiger partial charge in [0.1, 0.15) is 5.70 Å². The molecular weight excluding hydrogens is 412 g/mol. The first kappa shape index (κ1) is 22.4. The third-order valence-electron chi connectivity index (χ3n) is 4.51. The van der Waals surface area contributed by atoms with E-state index in [1.165, 1.54) is 39.5 Å². The van der Waals surface area contributed by atoms with Crippen molar-refractivity contribution in [2.24, 2.45) is 0 Å². The van der Waals surface area contributed by atoms with E-state index >= 15 is 0 Å². The van der Waals surface area contributed by atoms with Crippen molar-refractivity contribution in [2.45, 2.75) is 6.92 Å². The van der Waals surface area contributed by atoms with Gasteiger partial charge in [-0.25, -0.2) is 0 Å². The smallest absolute Gasteiger partial charge is 0.291 e. The van der Waals surface area contributed by atoms with Gasteiger partial charge in [-0.3, -0.25) is 14.4 Å². The molecule has 0 saturated carbocycles. The van der Waals surface area contributed by atoms with Crippen LogP contribution in [-0.2, 0) is 4.79 Å². The summed E-state index contributed by atoms with van der Waals surface area (Å²) in [5, 5.41) is 5.28. The van der Waals surface area contributed by atoms with Gasteiger partial charge in [0.25, 0.3) is 11.8 Å². The van der Waals surface area contributed by atoms with Crippen molar-refractivity contribution < 1.29 is 28.3 Å². The number of rotatable bonds is 8. The number of nitrogens with one attached hydrogen (secondary N) is 2. The molecule has 1 heterocycles. The zero-order chi connectivity index (χ0) is 23.1. The maximum atomic E-state index is 13.0. The fourth-order valence-corrected chi connectivity index (χ4v) is 2.85. The number of furan rings is 1. The van der Waals surface area contributed by atoms with Gasteiger partial charge >= 0.3 is 0 Å². The number of ketones is 1. The fourth-order valence-electron chi connectivity index (χ4n) is 2.85. The van der Waals surface area contributed by atoms with Crippen LogP contribution in [0.4, 0.5) is 5.69 Å². The molecular formula is C24H22N2O6. The molecule has 0 saturated heterocycles. The molecule has 32 heavy (non-hydrogen) atoms. The summed E-state index contributed by atoms with van der Waals surface area (Å²) in [5.74, 6) is -0.164. The number of carbonyl (C=O) groups is 3. The molecule has 1 aromatic heterocycles. The van der Waals surface area contributed by atoms with Crippen molar-refractivity contribution >= 4 is 29.4 Å². The van der Waals surface area contributed by atoms with E-state index in [1.807, 2.05) is 0 Å². The van der Waals surface area contributed by atoms with Crippen LogP contribution in [0, 0.1) is 0 Å². The third kappa shape index (κ3) is 5.42. The Morgan fingerprint density at radius 2 is 1.66 bits per heavy atom. The average molecular weight is 434 g/mol. The second-order valence-corrected chi connectivity index (χ2v) is 6.69. The first-order valence-electron chi connectivity index (χ1n) is 9.62. The molecule has 2 amide bonds. The van der Waals surface area contributed by atoms with E-state index in [0.717, 1.165) is 0 Å². The maximum Gasteiger partial charge on any atom is 0.291 e. The monoisotopic (exact) mass is 434 g/mol. The van der Waals surface area contributed by atoms with Gasteiger partial charge in [0.15, 0.2) is 23.0 Å². The van der Waals surface area contributed by atoms with Crippen LogP contribution in [0.5, 0.6) is 11.5 Å². The van der Waals surface area contributed by atoms with Crippen LogP contribution in [-0.4, -0.2) is 31.8 Å². The first-order chi connectivity index (χ1) is 15.4. The van der Waals surface area contributed by atoms with E-state index in [9.17, 15) is 14.4 Å². The normalized spacial score (nSPS) is 10.9. The molecule has 0 atom stereocenters. The maximum absolute atomic E-state index is 13.0. The van der Waals surface area contributed by atoms with Crippen molar-refractivity contribution in [1.82, 2.24) is 5.32 Å². The topological polar surface area (TPSA) is 107 Å². The predicted octanol–water partition coefficient (Wildman–Crippen LogP) is 3.91. The summed E-state index contributed by atoms with van der Waals surface area (Å²) in [7, 11) is 3.02. The van der Waals surface area contributed by atoms with E-state index in [2.05, 4.69) is 10.6 Å². The standard InChI is InChI=1S/C24H22N2O6/c1-15(27)17-7-9-18(10-8-17)25-23(28)19(26-24(29)21-5-4-12-32-21)13-16-6-11-20(30-2)22(14-16)31-3/h4-14H,1-3H3,(H,25,28)(H,26,29)/b19-13+. The largest absolute Gasteiger partial charge is 0.493 e. The number of ether oxygens (including phenoxy) is 2. The zero-order valence-corrected chi connectivity index (χ0v) is 17.8. The van der Waals surface area contributed by atoms with Crippen molar-refractivity contribution in [3.8, 4) is 11.5 Å². The lowest BCUT2D eigenvalue weighted by Gasteiger charge is -2.12.